The fourth-order valence-corrected chi connectivity index (χ4v) is 9.12. The minimum absolute atomic E-state index is 0.0315. The Labute approximate surface area is 237 Å². The van der Waals surface area contributed by atoms with Gasteiger partial charge in [0.2, 0.25) is 0 Å². The zero-order chi connectivity index (χ0) is 30.8. The molecule has 0 amide bonds. The number of alkyl halides is 4. The molecule has 5 unspecified atom stereocenters. The molecule has 0 spiro atoms. The first-order valence-electron chi connectivity index (χ1n) is 14.2. The molecule has 0 aromatic rings. The molecule has 232 valence electrons. The van der Waals surface area contributed by atoms with Gasteiger partial charge < -0.3 is 4.74 Å². The summed E-state index contributed by atoms with van der Waals surface area (Å²) in [5.41, 5.74) is -1.00. The van der Waals surface area contributed by atoms with Crippen molar-refractivity contribution in [2.75, 3.05) is 6.61 Å². The van der Waals surface area contributed by atoms with Crippen molar-refractivity contribution in [3.63, 3.8) is 0 Å². The van der Waals surface area contributed by atoms with E-state index >= 15 is 0 Å². The summed E-state index contributed by atoms with van der Waals surface area (Å²) in [6.07, 6.45) is 1.73. The maximum Gasteiger partial charge on any atom is 0.431 e. The lowest BCUT2D eigenvalue weighted by Gasteiger charge is -2.58. The van der Waals surface area contributed by atoms with Gasteiger partial charge in [-0.1, -0.05) is 20.8 Å². The predicted octanol–water partition coefficient (Wildman–Crippen LogP) is 5.04. The molecule has 0 saturated heterocycles. The normalized spacial score (nSPS) is 36.8. The maximum absolute atomic E-state index is 13.8. The fraction of sp³-hybridized carbons (Fsp3) is 0.857. The van der Waals surface area contributed by atoms with Crippen LogP contribution in [0.2, 0.25) is 0 Å². The summed E-state index contributed by atoms with van der Waals surface area (Å²) in [6.45, 7) is 4.74. The number of fused-ring (bicyclic) bond motifs is 5. The number of rotatable bonds is 9. The van der Waals surface area contributed by atoms with Crippen molar-refractivity contribution in [1.29, 1.82) is 0 Å². The first kappa shape index (κ1) is 32.0. The Morgan fingerprint density at radius 3 is 2.37 bits per heavy atom. The smallest absolute Gasteiger partial charge is 0.431 e. The van der Waals surface area contributed by atoms with Crippen LogP contribution in [0, 0.1) is 46.3 Å². The van der Waals surface area contributed by atoms with E-state index in [-0.39, 0.29) is 77.5 Å². The van der Waals surface area contributed by atoms with Gasteiger partial charge in [-0.25, -0.2) is 0 Å². The number of halogens is 4. The van der Waals surface area contributed by atoms with Crippen LogP contribution in [0.3, 0.4) is 0 Å². The van der Waals surface area contributed by atoms with E-state index in [1.807, 2.05) is 13.8 Å². The molecule has 4 rings (SSSR count). The van der Waals surface area contributed by atoms with Crippen molar-refractivity contribution in [2.45, 2.75) is 96.2 Å². The van der Waals surface area contributed by atoms with Gasteiger partial charge in [-0.15, -0.1) is 0 Å². The molecule has 0 bridgehead atoms. The van der Waals surface area contributed by atoms with Crippen molar-refractivity contribution in [3.05, 3.63) is 0 Å². The number of hydrogen-bond donors (Lipinski definition) is 1. The Hall–Kier alpha value is -1.89. The largest absolute Gasteiger partial charge is 0.465 e. The van der Waals surface area contributed by atoms with Gasteiger partial charge in [0.15, 0.2) is 0 Å². The number of carbonyl (C=O) groups excluding carboxylic acids is 4. The highest BCUT2D eigenvalue weighted by molar-refractivity contribution is 7.87. The van der Waals surface area contributed by atoms with Gasteiger partial charge in [-0.2, -0.15) is 26.0 Å². The van der Waals surface area contributed by atoms with Crippen LogP contribution in [0.4, 0.5) is 17.6 Å². The van der Waals surface area contributed by atoms with E-state index in [0.717, 1.165) is 0 Å². The number of ketones is 3. The molecule has 0 aromatic heterocycles. The standard InChI is InChI=1S/C28H38F4O8S/c1-15(4-7-23(36)40-11-10-27(29,30)28(31,32)41(37,38)39)18-5-6-19-24-20(14-22(35)26(18,19)3)25(2)9-8-17(33)12-16(25)13-21(24)34/h15-16,18-20,24H,4-14H2,1-3H3,(H,37,38,39)/t15-,16?,18-,19?,20?,24?,25?,26-/m1/s1. The summed E-state index contributed by atoms with van der Waals surface area (Å²) in [5.74, 6) is -6.51. The van der Waals surface area contributed by atoms with Crippen LogP contribution in [0.1, 0.15) is 85.0 Å². The van der Waals surface area contributed by atoms with Crippen LogP contribution in [0.15, 0.2) is 0 Å². The van der Waals surface area contributed by atoms with Crippen molar-refractivity contribution < 1.29 is 54.4 Å². The quantitative estimate of drug-likeness (QED) is 0.218. The number of ether oxygens (including phenoxy) is 1. The Morgan fingerprint density at radius 1 is 1.07 bits per heavy atom. The molecule has 8 atom stereocenters. The van der Waals surface area contributed by atoms with Gasteiger partial charge in [-0.3, -0.25) is 23.7 Å². The summed E-state index contributed by atoms with van der Waals surface area (Å²) in [5, 5.41) is -5.73. The van der Waals surface area contributed by atoms with Gasteiger partial charge in [0.25, 0.3) is 0 Å². The molecule has 0 radical (unpaired) electrons. The molecule has 0 aromatic carbocycles. The van der Waals surface area contributed by atoms with Crippen molar-refractivity contribution in [3.8, 4) is 0 Å². The summed E-state index contributed by atoms with van der Waals surface area (Å²) in [7, 11) is -6.37. The molecule has 4 saturated carbocycles. The van der Waals surface area contributed by atoms with Crippen LogP contribution in [0.25, 0.3) is 0 Å². The van der Waals surface area contributed by atoms with E-state index in [1.165, 1.54) is 0 Å². The molecule has 41 heavy (non-hydrogen) atoms. The second-order valence-corrected chi connectivity index (χ2v) is 14.6. The molecule has 8 nitrogen and oxygen atoms in total. The Kier molecular flexibility index (Phi) is 8.34. The number of Topliss-reactive ketones (excluding diaryl/α,β-unsaturated/α-hetero) is 3. The van der Waals surface area contributed by atoms with Crippen molar-refractivity contribution >= 4 is 33.4 Å². The Morgan fingerprint density at radius 2 is 1.73 bits per heavy atom. The average Bonchev–Trinajstić information content (AvgIpc) is 3.22. The van der Waals surface area contributed by atoms with Gasteiger partial charge in [0.05, 0.1) is 13.0 Å². The monoisotopic (exact) mass is 610 g/mol. The van der Waals surface area contributed by atoms with E-state index < -0.39 is 45.7 Å². The molecule has 1 N–H and O–H groups in total. The topological polar surface area (TPSA) is 132 Å². The molecule has 13 heteroatoms. The van der Waals surface area contributed by atoms with E-state index in [1.54, 1.807) is 0 Å². The third kappa shape index (κ3) is 5.27. The summed E-state index contributed by atoms with van der Waals surface area (Å²) in [6, 6.07) is 0. The van der Waals surface area contributed by atoms with E-state index in [4.69, 9.17) is 4.55 Å². The molecule has 4 aliphatic carbocycles. The third-order valence-corrected chi connectivity index (χ3v) is 12.1. The van der Waals surface area contributed by atoms with Crippen LogP contribution in [-0.2, 0) is 34.0 Å². The second-order valence-electron chi connectivity index (χ2n) is 13.1. The highest BCUT2D eigenvalue weighted by atomic mass is 32.2. The molecule has 4 fully saturated rings. The van der Waals surface area contributed by atoms with E-state index in [9.17, 15) is 45.2 Å². The molecule has 4 aliphatic rings. The minimum atomic E-state index is -6.37. The second kappa shape index (κ2) is 10.7. The van der Waals surface area contributed by atoms with E-state index in [0.29, 0.717) is 38.5 Å². The Balaban J connectivity index is 1.37. The van der Waals surface area contributed by atoms with Crippen LogP contribution in [-0.4, -0.2) is 54.1 Å². The van der Waals surface area contributed by atoms with Crippen molar-refractivity contribution in [2.24, 2.45) is 46.3 Å². The highest BCUT2D eigenvalue weighted by Crippen LogP contribution is 2.66. The predicted molar refractivity (Wildman–Crippen MR) is 136 cm³/mol. The van der Waals surface area contributed by atoms with Crippen LogP contribution >= 0.6 is 0 Å². The van der Waals surface area contributed by atoms with Gasteiger partial charge in [-0.05, 0) is 60.7 Å². The summed E-state index contributed by atoms with van der Waals surface area (Å²) >= 11 is 0. The van der Waals surface area contributed by atoms with Crippen LogP contribution < -0.4 is 0 Å². The minimum Gasteiger partial charge on any atom is -0.465 e. The lowest BCUT2D eigenvalue weighted by Crippen LogP contribution is -2.60. The summed E-state index contributed by atoms with van der Waals surface area (Å²) in [4.78, 5) is 51.6. The summed E-state index contributed by atoms with van der Waals surface area (Å²) < 4.78 is 88.1. The first-order chi connectivity index (χ1) is 18.8. The number of esters is 1. The molecule has 0 aliphatic heterocycles. The third-order valence-electron chi connectivity index (χ3n) is 11.1. The molecular weight excluding hydrogens is 572 g/mol. The number of carbonyl (C=O) groups is 4. The lowest BCUT2D eigenvalue weighted by atomic mass is 9.44. The number of hydrogen-bond acceptors (Lipinski definition) is 7. The van der Waals surface area contributed by atoms with Crippen molar-refractivity contribution in [1.82, 2.24) is 0 Å². The maximum atomic E-state index is 13.8. The highest BCUT2D eigenvalue weighted by Gasteiger charge is 2.67. The average molecular weight is 611 g/mol. The molecular formula is C28H38F4O8S. The van der Waals surface area contributed by atoms with E-state index in [2.05, 4.69) is 11.7 Å². The fourth-order valence-electron chi connectivity index (χ4n) is 8.64. The molecule has 0 heterocycles. The van der Waals surface area contributed by atoms with Gasteiger partial charge >= 0.3 is 27.3 Å². The lowest BCUT2D eigenvalue weighted by molar-refractivity contribution is -0.174. The zero-order valence-corrected chi connectivity index (χ0v) is 24.3. The van der Waals surface area contributed by atoms with Crippen LogP contribution in [0.5, 0.6) is 0 Å². The first-order valence-corrected chi connectivity index (χ1v) is 15.7. The van der Waals surface area contributed by atoms with Gasteiger partial charge in [0, 0.05) is 43.4 Å². The zero-order valence-electron chi connectivity index (χ0n) is 23.5. The van der Waals surface area contributed by atoms with Gasteiger partial charge in [0.1, 0.15) is 17.3 Å². The SMILES string of the molecule is C[C@H](CCC(=O)OCCC(F)(F)C(F)(F)S(=O)(=O)O)[C@H]1CCC2C3C(=O)CC4CC(=O)CCC4(C)C3CC(=O)[C@@]21C. The Bertz CT molecular complexity index is 1220.